The third-order valence-electron chi connectivity index (χ3n) is 4.20. The van der Waals surface area contributed by atoms with Gasteiger partial charge in [0, 0.05) is 55.3 Å². The Labute approximate surface area is 139 Å². The molecule has 0 spiro atoms. The van der Waals surface area contributed by atoms with Gasteiger partial charge in [0.05, 0.1) is 5.52 Å². The average molecular weight is 328 g/mol. The highest BCUT2D eigenvalue weighted by Gasteiger charge is 2.28. The number of hydrogen-bond donors (Lipinski definition) is 2. The lowest BCUT2D eigenvalue weighted by Gasteiger charge is -2.18. The molecule has 1 aliphatic heterocycles. The van der Waals surface area contributed by atoms with Gasteiger partial charge < -0.3 is 15.6 Å². The number of fused-ring (bicyclic) bond motifs is 1. The molecule has 7 nitrogen and oxygen atoms in total. The predicted octanol–water partition coefficient (Wildman–Crippen LogP) is 1.16. The monoisotopic (exact) mass is 328 g/mol. The minimum Gasteiger partial charge on any atom is -0.399 e. The SMILES string of the molecule is CCNc1cc(=O)n(CCN2C(=O)CCC2=O)c2ccc(N)cc12. The summed E-state index contributed by atoms with van der Waals surface area (Å²) in [5.41, 5.74) is 7.76. The van der Waals surface area contributed by atoms with Crippen molar-refractivity contribution in [1.82, 2.24) is 9.47 Å². The summed E-state index contributed by atoms with van der Waals surface area (Å²) in [5.74, 6) is -0.350. The number of aromatic nitrogens is 1. The molecule has 1 fully saturated rings. The molecule has 3 rings (SSSR count). The first-order valence-corrected chi connectivity index (χ1v) is 8.01. The summed E-state index contributed by atoms with van der Waals surface area (Å²) in [6, 6.07) is 6.87. The minimum absolute atomic E-state index is 0.175. The lowest BCUT2D eigenvalue weighted by atomic mass is 10.1. The number of nitrogens with one attached hydrogen (secondary N) is 1. The second-order valence-electron chi connectivity index (χ2n) is 5.79. The van der Waals surface area contributed by atoms with Crippen molar-refractivity contribution in [1.29, 1.82) is 0 Å². The van der Waals surface area contributed by atoms with Crippen LogP contribution in [-0.4, -0.2) is 34.4 Å². The molecule has 2 heterocycles. The third-order valence-corrected chi connectivity index (χ3v) is 4.20. The number of hydrogen-bond acceptors (Lipinski definition) is 5. The number of imide groups is 1. The first-order chi connectivity index (χ1) is 11.5. The molecule has 126 valence electrons. The molecular weight excluding hydrogens is 308 g/mol. The van der Waals surface area contributed by atoms with Crippen molar-refractivity contribution in [2.75, 3.05) is 24.1 Å². The molecule has 0 aliphatic carbocycles. The first kappa shape index (κ1) is 16.0. The average Bonchev–Trinajstić information content (AvgIpc) is 2.86. The summed E-state index contributed by atoms with van der Waals surface area (Å²) in [4.78, 5) is 37.2. The van der Waals surface area contributed by atoms with E-state index in [1.807, 2.05) is 13.0 Å². The van der Waals surface area contributed by atoms with Gasteiger partial charge in [0.15, 0.2) is 0 Å². The number of rotatable bonds is 5. The lowest BCUT2D eigenvalue weighted by Crippen LogP contribution is -2.34. The third kappa shape index (κ3) is 2.84. The fraction of sp³-hybridized carbons (Fsp3) is 0.353. The summed E-state index contributed by atoms with van der Waals surface area (Å²) < 4.78 is 1.58. The number of anilines is 2. The van der Waals surface area contributed by atoms with Crippen molar-refractivity contribution >= 4 is 34.1 Å². The Hall–Kier alpha value is -2.83. The molecular formula is C17H20N4O3. The Balaban J connectivity index is 2.00. The number of carbonyl (C=O) groups excluding carboxylic acids is 2. The Morgan fingerprint density at radius 3 is 2.46 bits per heavy atom. The molecule has 1 aromatic carbocycles. The van der Waals surface area contributed by atoms with Gasteiger partial charge in [-0.3, -0.25) is 19.3 Å². The number of pyridine rings is 1. The number of likely N-dealkylation sites (tertiary alicyclic amines) is 1. The second-order valence-corrected chi connectivity index (χ2v) is 5.79. The van der Waals surface area contributed by atoms with E-state index in [0.29, 0.717) is 12.2 Å². The maximum atomic E-state index is 12.5. The van der Waals surface area contributed by atoms with Gasteiger partial charge in [0.2, 0.25) is 11.8 Å². The van der Waals surface area contributed by atoms with E-state index in [9.17, 15) is 14.4 Å². The number of nitrogen functional groups attached to an aromatic ring is 1. The van der Waals surface area contributed by atoms with Crippen LogP contribution in [0.2, 0.25) is 0 Å². The van der Waals surface area contributed by atoms with Gasteiger partial charge >= 0.3 is 0 Å². The molecule has 2 aromatic rings. The fourth-order valence-electron chi connectivity index (χ4n) is 3.04. The van der Waals surface area contributed by atoms with Crippen LogP contribution in [0.3, 0.4) is 0 Å². The standard InChI is InChI=1S/C17H20N4O3/c1-2-19-13-10-17(24)20(14-4-3-11(18)9-12(13)14)7-8-21-15(22)5-6-16(21)23/h3-4,9-10,19H,2,5-8,18H2,1H3. The summed E-state index contributed by atoms with van der Waals surface area (Å²) in [6.45, 7) is 3.11. The molecule has 0 unspecified atom stereocenters. The van der Waals surface area contributed by atoms with Crippen LogP contribution >= 0.6 is 0 Å². The molecule has 1 aromatic heterocycles. The van der Waals surface area contributed by atoms with Crippen molar-refractivity contribution in [3.05, 3.63) is 34.6 Å². The van der Waals surface area contributed by atoms with Crippen molar-refractivity contribution in [2.45, 2.75) is 26.3 Å². The van der Waals surface area contributed by atoms with E-state index in [1.165, 1.54) is 11.0 Å². The fourth-order valence-corrected chi connectivity index (χ4v) is 3.04. The highest BCUT2D eigenvalue weighted by molar-refractivity contribution is 6.01. The van der Waals surface area contributed by atoms with E-state index in [4.69, 9.17) is 5.73 Å². The maximum Gasteiger partial charge on any atom is 0.253 e. The van der Waals surface area contributed by atoms with Crippen molar-refractivity contribution in [2.24, 2.45) is 0 Å². The molecule has 2 amide bonds. The van der Waals surface area contributed by atoms with E-state index >= 15 is 0 Å². The van der Waals surface area contributed by atoms with E-state index < -0.39 is 0 Å². The first-order valence-electron chi connectivity index (χ1n) is 8.01. The molecule has 24 heavy (non-hydrogen) atoms. The number of nitrogens with two attached hydrogens (primary N) is 1. The van der Waals surface area contributed by atoms with E-state index in [2.05, 4.69) is 5.32 Å². The number of carbonyl (C=O) groups is 2. The molecule has 1 saturated heterocycles. The van der Waals surface area contributed by atoms with Crippen molar-refractivity contribution in [3.63, 3.8) is 0 Å². The van der Waals surface area contributed by atoms with Gasteiger partial charge in [-0.25, -0.2) is 0 Å². The van der Waals surface area contributed by atoms with Crippen LogP contribution in [-0.2, 0) is 16.1 Å². The molecule has 0 saturated carbocycles. The van der Waals surface area contributed by atoms with E-state index in [1.54, 1.807) is 16.7 Å². The molecule has 7 heteroatoms. The lowest BCUT2D eigenvalue weighted by molar-refractivity contribution is -0.138. The second kappa shape index (κ2) is 6.35. The maximum absolute atomic E-state index is 12.5. The van der Waals surface area contributed by atoms with Gasteiger partial charge in [-0.1, -0.05) is 0 Å². The highest BCUT2D eigenvalue weighted by atomic mass is 16.2. The molecule has 3 N–H and O–H groups in total. The zero-order valence-electron chi connectivity index (χ0n) is 13.5. The smallest absolute Gasteiger partial charge is 0.253 e. The Morgan fingerprint density at radius 1 is 1.08 bits per heavy atom. The molecule has 0 radical (unpaired) electrons. The van der Waals surface area contributed by atoms with Gasteiger partial charge in [0.25, 0.3) is 5.56 Å². The summed E-state index contributed by atoms with van der Waals surface area (Å²) in [6.07, 6.45) is 0.509. The normalized spacial score (nSPS) is 14.6. The molecule has 0 bridgehead atoms. The minimum atomic E-state index is -0.178. The summed E-state index contributed by atoms with van der Waals surface area (Å²) in [7, 11) is 0. The van der Waals surface area contributed by atoms with E-state index in [0.717, 1.165) is 16.6 Å². The van der Waals surface area contributed by atoms with E-state index in [-0.39, 0.29) is 43.3 Å². The van der Waals surface area contributed by atoms with Gasteiger partial charge in [-0.05, 0) is 25.1 Å². The van der Waals surface area contributed by atoms with Crippen LogP contribution in [0, 0.1) is 0 Å². The van der Waals surface area contributed by atoms with Crippen LogP contribution in [0.25, 0.3) is 10.9 Å². The van der Waals surface area contributed by atoms with Crippen molar-refractivity contribution < 1.29 is 9.59 Å². The van der Waals surface area contributed by atoms with Gasteiger partial charge in [-0.15, -0.1) is 0 Å². The zero-order valence-corrected chi connectivity index (χ0v) is 13.5. The van der Waals surface area contributed by atoms with Crippen LogP contribution in [0.1, 0.15) is 19.8 Å². The number of nitrogens with zero attached hydrogens (tertiary/aromatic N) is 2. The largest absolute Gasteiger partial charge is 0.399 e. The van der Waals surface area contributed by atoms with Crippen LogP contribution in [0.5, 0.6) is 0 Å². The Morgan fingerprint density at radius 2 is 1.79 bits per heavy atom. The van der Waals surface area contributed by atoms with Crippen molar-refractivity contribution in [3.8, 4) is 0 Å². The topological polar surface area (TPSA) is 97.4 Å². The van der Waals surface area contributed by atoms with Crippen LogP contribution < -0.4 is 16.6 Å². The van der Waals surface area contributed by atoms with Crippen LogP contribution in [0.15, 0.2) is 29.1 Å². The van der Waals surface area contributed by atoms with Crippen LogP contribution in [0.4, 0.5) is 11.4 Å². The molecule has 1 aliphatic rings. The number of benzene rings is 1. The highest BCUT2D eigenvalue weighted by Crippen LogP contribution is 2.24. The summed E-state index contributed by atoms with van der Waals surface area (Å²) >= 11 is 0. The number of amides is 2. The Bertz CT molecular complexity index is 856. The van der Waals surface area contributed by atoms with Gasteiger partial charge in [-0.2, -0.15) is 0 Å². The summed E-state index contributed by atoms with van der Waals surface area (Å²) in [5, 5.41) is 4.01. The molecule has 0 atom stereocenters. The zero-order chi connectivity index (χ0) is 17.3. The van der Waals surface area contributed by atoms with Gasteiger partial charge in [0.1, 0.15) is 0 Å². The quantitative estimate of drug-likeness (QED) is 0.634. The predicted molar refractivity (Wildman–Crippen MR) is 92.7 cm³/mol. The Kier molecular flexibility index (Phi) is 4.24.